The van der Waals surface area contributed by atoms with Crippen molar-refractivity contribution in [1.82, 2.24) is 9.88 Å². The first-order chi connectivity index (χ1) is 13.4. The molecule has 0 aliphatic carbocycles. The number of rotatable bonds is 4. The zero-order valence-corrected chi connectivity index (χ0v) is 17.2. The third-order valence-electron chi connectivity index (χ3n) is 4.78. The predicted octanol–water partition coefficient (Wildman–Crippen LogP) is 4.20. The summed E-state index contributed by atoms with van der Waals surface area (Å²) in [4.78, 5) is 31.4. The van der Waals surface area contributed by atoms with Gasteiger partial charge in [-0.05, 0) is 43.5 Å². The van der Waals surface area contributed by atoms with Crippen LogP contribution >= 0.6 is 23.2 Å². The van der Waals surface area contributed by atoms with Gasteiger partial charge in [0.1, 0.15) is 5.82 Å². The predicted molar refractivity (Wildman–Crippen MR) is 109 cm³/mol. The van der Waals surface area contributed by atoms with Crippen molar-refractivity contribution in [2.24, 2.45) is 5.92 Å². The molecule has 0 radical (unpaired) electrons. The van der Waals surface area contributed by atoms with Crippen LogP contribution < -0.4 is 10.1 Å². The fourth-order valence-corrected chi connectivity index (χ4v) is 3.91. The van der Waals surface area contributed by atoms with Crippen molar-refractivity contribution in [3.8, 4) is 5.75 Å². The Bertz CT molecular complexity index is 881. The Kier molecular flexibility index (Phi) is 6.42. The number of hydrogen-bond donors (Lipinski definition) is 1. The lowest BCUT2D eigenvalue weighted by Crippen LogP contribution is -2.43. The number of aromatic nitrogens is 1. The molecule has 3 rings (SSSR count). The van der Waals surface area contributed by atoms with Crippen molar-refractivity contribution in [3.05, 3.63) is 51.6 Å². The first kappa shape index (κ1) is 20.4. The van der Waals surface area contributed by atoms with E-state index in [-0.39, 0.29) is 27.8 Å². The summed E-state index contributed by atoms with van der Waals surface area (Å²) in [6.45, 7) is 2.79. The van der Waals surface area contributed by atoms with Gasteiger partial charge in [0.15, 0.2) is 5.75 Å². The van der Waals surface area contributed by atoms with E-state index in [9.17, 15) is 9.59 Å². The molecule has 1 aliphatic rings. The highest BCUT2D eigenvalue weighted by molar-refractivity contribution is 6.37. The quantitative estimate of drug-likeness (QED) is 0.802. The van der Waals surface area contributed by atoms with Gasteiger partial charge in [0.2, 0.25) is 5.91 Å². The Labute approximate surface area is 173 Å². The van der Waals surface area contributed by atoms with Gasteiger partial charge in [-0.2, -0.15) is 0 Å². The molecule has 1 atom stereocenters. The maximum Gasteiger partial charge on any atom is 0.253 e. The average molecular weight is 422 g/mol. The summed E-state index contributed by atoms with van der Waals surface area (Å²) in [5, 5.41) is 3.41. The molecule has 2 heterocycles. The fraction of sp³-hybridized carbons (Fsp3) is 0.350. The Morgan fingerprint density at radius 2 is 2.00 bits per heavy atom. The number of carbonyl (C=O) groups is 2. The highest BCUT2D eigenvalue weighted by Crippen LogP contribution is 2.34. The number of carbonyl (C=O) groups excluding carboxylic acids is 2. The second-order valence-corrected chi connectivity index (χ2v) is 7.54. The van der Waals surface area contributed by atoms with Gasteiger partial charge in [0, 0.05) is 24.8 Å². The number of hydrogen-bond acceptors (Lipinski definition) is 4. The molecular formula is C20H21Cl2N3O3. The van der Waals surface area contributed by atoms with Crippen molar-refractivity contribution in [1.29, 1.82) is 0 Å². The van der Waals surface area contributed by atoms with Crippen LogP contribution in [0, 0.1) is 12.8 Å². The van der Waals surface area contributed by atoms with Gasteiger partial charge in [0.25, 0.3) is 5.91 Å². The van der Waals surface area contributed by atoms with Crippen LogP contribution in [-0.4, -0.2) is 41.9 Å². The SMILES string of the molecule is COc1c(Cl)cc(C(=O)N2CCCC(C(=O)Nc3ncccc3C)C2)cc1Cl. The van der Waals surface area contributed by atoms with Crippen molar-refractivity contribution in [2.45, 2.75) is 19.8 Å². The molecular weight excluding hydrogens is 401 g/mol. The summed E-state index contributed by atoms with van der Waals surface area (Å²) in [7, 11) is 1.46. The monoisotopic (exact) mass is 421 g/mol. The zero-order valence-electron chi connectivity index (χ0n) is 15.7. The number of amides is 2. The van der Waals surface area contributed by atoms with Crippen LogP contribution in [-0.2, 0) is 4.79 Å². The minimum atomic E-state index is -0.303. The van der Waals surface area contributed by atoms with Crippen LogP contribution in [0.15, 0.2) is 30.5 Å². The fourth-order valence-electron chi connectivity index (χ4n) is 3.27. The van der Waals surface area contributed by atoms with Crippen LogP contribution in [0.25, 0.3) is 0 Å². The molecule has 0 saturated carbocycles. The van der Waals surface area contributed by atoms with Gasteiger partial charge >= 0.3 is 0 Å². The van der Waals surface area contributed by atoms with Crippen molar-refractivity contribution in [2.75, 3.05) is 25.5 Å². The second kappa shape index (κ2) is 8.80. The number of piperidine rings is 1. The zero-order chi connectivity index (χ0) is 20.3. The van der Waals surface area contributed by atoms with Crippen molar-refractivity contribution in [3.63, 3.8) is 0 Å². The molecule has 1 N–H and O–H groups in total. The summed E-state index contributed by atoms with van der Waals surface area (Å²) < 4.78 is 5.12. The third-order valence-corrected chi connectivity index (χ3v) is 5.34. The number of anilines is 1. The summed E-state index contributed by atoms with van der Waals surface area (Å²) >= 11 is 12.3. The highest BCUT2D eigenvalue weighted by atomic mass is 35.5. The second-order valence-electron chi connectivity index (χ2n) is 6.72. The normalized spacial score (nSPS) is 16.6. The van der Waals surface area contributed by atoms with E-state index in [1.54, 1.807) is 11.1 Å². The smallest absolute Gasteiger partial charge is 0.253 e. The van der Waals surface area contributed by atoms with Crippen LogP contribution in [0.2, 0.25) is 10.0 Å². The summed E-state index contributed by atoms with van der Waals surface area (Å²) in [5.41, 5.74) is 1.26. The summed E-state index contributed by atoms with van der Waals surface area (Å²) in [5.74, 6) is 0.234. The molecule has 148 valence electrons. The first-order valence-electron chi connectivity index (χ1n) is 8.95. The standard InChI is InChI=1S/C20H21Cl2N3O3/c1-12-5-3-7-23-18(12)24-19(26)13-6-4-8-25(11-13)20(27)14-9-15(21)17(28-2)16(22)10-14/h3,5,7,9-10,13H,4,6,8,11H2,1-2H3,(H,23,24,26). The molecule has 1 unspecified atom stereocenters. The van der Waals surface area contributed by atoms with Crippen LogP contribution in [0.1, 0.15) is 28.8 Å². The van der Waals surface area contributed by atoms with Gasteiger partial charge in [-0.3, -0.25) is 9.59 Å². The lowest BCUT2D eigenvalue weighted by Gasteiger charge is -2.32. The van der Waals surface area contributed by atoms with Gasteiger partial charge in [0.05, 0.1) is 23.1 Å². The number of ether oxygens (including phenoxy) is 1. The maximum atomic E-state index is 12.9. The number of likely N-dealkylation sites (tertiary alicyclic amines) is 1. The van der Waals surface area contributed by atoms with Gasteiger partial charge in [-0.15, -0.1) is 0 Å². The first-order valence-corrected chi connectivity index (χ1v) is 9.71. The van der Waals surface area contributed by atoms with Crippen LogP contribution in [0.3, 0.4) is 0 Å². The molecule has 2 aromatic rings. The Morgan fingerprint density at radius 3 is 2.64 bits per heavy atom. The van der Waals surface area contributed by atoms with E-state index in [1.165, 1.54) is 19.2 Å². The minimum Gasteiger partial charge on any atom is -0.494 e. The number of methoxy groups -OCH3 is 1. The number of pyridine rings is 1. The lowest BCUT2D eigenvalue weighted by atomic mass is 9.96. The number of nitrogens with zero attached hydrogens (tertiary/aromatic N) is 2. The van der Waals surface area contributed by atoms with E-state index in [2.05, 4.69) is 10.3 Å². The molecule has 1 fully saturated rings. The maximum absolute atomic E-state index is 12.9. The van der Waals surface area contributed by atoms with E-state index in [4.69, 9.17) is 27.9 Å². The molecule has 1 aromatic heterocycles. The minimum absolute atomic E-state index is 0.134. The number of halogens is 2. The van der Waals surface area contributed by atoms with E-state index < -0.39 is 0 Å². The molecule has 1 aromatic carbocycles. The number of benzene rings is 1. The molecule has 2 amide bonds. The highest BCUT2D eigenvalue weighted by Gasteiger charge is 2.30. The topological polar surface area (TPSA) is 71.5 Å². The number of nitrogens with one attached hydrogen (secondary N) is 1. The molecule has 6 nitrogen and oxygen atoms in total. The van der Waals surface area contributed by atoms with E-state index in [0.29, 0.717) is 36.6 Å². The molecule has 1 saturated heterocycles. The summed E-state index contributed by atoms with van der Waals surface area (Å²) in [6.07, 6.45) is 3.09. The third kappa shape index (κ3) is 4.39. The average Bonchev–Trinajstić information content (AvgIpc) is 2.69. The number of aryl methyl sites for hydroxylation is 1. The molecule has 1 aliphatic heterocycles. The lowest BCUT2D eigenvalue weighted by molar-refractivity contribution is -0.121. The van der Waals surface area contributed by atoms with E-state index >= 15 is 0 Å². The Morgan fingerprint density at radius 1 is 1.29 bits per heavy atom. The summed E-state index contributed by atoms with van der Waals surface area (Å²) in [6, 6.07) is 6.78. The van der Waals surface area contributed by atoms with Crippen molar-refractivity contribution >= 4 is 40.8 Å². The largest absolute Gasteiger partial charge is 0.494 e. The Balaban J connectivity index is 1.71. The molecule has 28 heavy (non-hydrogen) atoms. The van der Waals surface area contributed by atoms with Crippen LogP contribution in [0.4, 0.5) is 5.82 Å². The molecule has 0 spiro atoms. The van der Waals surface area contributed by atoms with E-state index in [1.807, 2.05) is 19.1 Å². The van der Waals surface area contributed by atoms with Gasteiger partial charge < -0.3 is 15.0 Å². The van der Waals surface area contributed by atoms with Gasteiger partial charge in [-0.25, -0.2) is 4.98 Å². The molecule has 0 bridgehead atoms. The Hall–Kier alpha value is -2.31. The van der Waals surface area contributed by atoms with Crippen molar-refractivity contribution < 1.29 is 14.3 Å². The van der Waals surface area contributed by atoms with Gasteiger partial charge in [-0.1, -0.05) is 29.3 Å². The van der Waals surface area contributed by atoms with E-state index in [0.717, 1.165) is 12.0 Å². The molecule has 8 heteroatoms. The van der Waals surface area contributed by atoms with Crippen LogP contribution in [0.5, 0.6) is 5.75 Å².